The number of nitrogens with zero attached hydrogens (tertiary/aromatic N) is 4. The van der Waals surface area contributed by atoms with Crippen molar-refractivity contribution < 1.29 is 4.79 Å². The summed E-state index contributed by atoms with van der Waals surface area (Å²) in [7, 11) is 3.98. The number of carbonyl (C=O) groups is 1. The minimum atomic E-state index is -0.312. The molecule has 6 nitrogen and oxygen atoms in total. The highest BCUT2D eigenvalue weighted by Crippen LogP contribution is 2.21. The molecule has 2 aromatic carbocycles. The zero-order chi connectivity index (χ0) is 20.3. The number of amides is 1. The molecule has 0 bridgehead atoms. The van der Waals surface area contributed by atoms with Crippen LogP contribution in [0.2, 0.25) is 5.02 Å². The zero-order valence-corrected chi connectivity index (χ0v) is 17.2. The summed E-state index contributed by atoms with van der Waals surface area (Å²) in [6, 6.07) is 15.7. The van der Waals surface area contributed by atoms with Gasteiger partial charge in [-0.1, -0.05) is 53.6 Å². The summed E-state index contributed by atoms with van der Waals surface area (Å²) in [5.41, 5.74) is 3.04. The summed E-state index contributed by atoms with van der Waals surface area (Å²) < 4.78 is 1.58. The number of likely N-dealkylation sites (N-methyl/N-ethyl adjacent to an activating group) is 1. The molecule has 1 N–H and O–H groups in total. The van der Waals surface area contributed by atoms with Crippen LogP contribution in [0.4, 0.5) is 0 Å². The summed E-state index contributed by atoms with van der Waals surface area (Å²) in [4.78, 5) is 19.0. The van der Waals surface area contributed by atoms with E-state index in [1.54, 1.807) is 17.7 Å². The number of rotatable bonds is 6. The summed E-state index contributed by atoms with van der Waals surface area (Å²) >= 11 is 6.24. The van der Waals surface area contributed by atoms with Crippen molar-refractivity contribution in [2.24, 2.45) is 0 Å². The average molecular weight is 398 g/mol. The maximum atomic E-state index is 12.6. The van der Waals surface area contributed by atoms with Crippen molar-refractivity contribution in [3.05, 3.63) is 76.3 Å². The number of aromatic nitrogens is 3. The molecule has 0 saturated carbocycles. The lowest BCUT2D eigenvalue weighted by Gasteiger charge is -2.25. The number of carbonyl (C=O) groups excluding carboxylic acids is 1. The number of aryl methyl sites for hydroxylation is 2. The third kappa shape index (κ3) is 4.40. The SMILES string of the molecule is Cc1ccc(C(CNC(=O)c2nc(C)n(-c3ccccc3Cl)n2)N(C)C)cc1. The highest BCUT2D eigenvalue weighted by molar-refractivity contribution is 6.32. The van der Waals surface area contributed by atoms with E-state index in [4.69, 9.17) is 11.6 Å². The highest BCUT2D eigenvalue weighted by Gasteiger charge is 2.19. The van der Waals surface area contributed by atoms with E-state index in [1.165, 1.54) is 5.56 Å². The van der Waals surface area contributed by atoms with Crippen LogP contribution in [0.3, 0.4) is 0 Å². The fourth-order valence-corrected chi connectivity index (χ4v) is 3.21. The summed E-state index contributed by atoms with van der Waals surface area (Å²) in [6.45, 7) is 4.30. The van der Waals surface area contributed by atoms with Gasteiger partial charge in [0.25, 0.3) is 5.91 Å². The van der Waals surface area contributed by atoms with Gasteiger partial charge in [0.2, 0.25) is 5.82 Å². The van der Waals surface area contributed by atoms with Crippen LogP contribution in [0, 0.1) is 13.8 Å². The van der Waals surface area contributed by atoms with E-state index < -0.39 is 0 Å². The molecule has 0 saturated heterocycles. The van der Waals surface area contributed by atoms with Crippen molar-refractivity contribution in [3.63, 3.8) is 0 Å². The van der Waals surface area contributed by atoms with Crippen molar-refractivity contribution in [3.8, 4) is 5.69 Å². The fourth-order valence-electron chi connectivity index (χ4n) is 2.99. The molecule has 146 valence electrons. The van der Waals surface area contributed by atoms with Gasteiger partial charge in [0.1, 0.15) is 5.82 Å². The fraction of sp³-hybridized carbons (Fsp3) is 0.286. The third-order valence-electron chi connectivity index (χ3n) is 4.59. The minimum absolute atomic E-state index is 0.0521. The van der Waals surface area contributed by atoms with Crippen LogP contribution in [0.15, 0.2) is 48.5 Å². The van der Waals surface area contributed by atoms with E-state index in [-0.39, 0.29) is 17.8 Å². The summed E-state index contributed by atoms with van der Waals surface area (Å²) in [5, 5.41) is 7.84. The van der Waals surface area contributed by atoms with E-state index in [1.807, 2.05) is 32.3 Å². The second kappa shape index (κ2) is 8.54. The zero-order valence-electron chi connectivity index (χ0n) is 16.5. The normalized spacial score (nSPS) is 12.2. The largest absolute Gasteiger partial charge is 0.347 e. The van der Waals surface area contributed by atoms with Crippen molar-refractivity contribution >= 4 is 17.5 Å². The monoisotopic (exact) mass is 397 g/mol. The van der Waals surface area contributed by atoms with E-state index in [0.29, 0.717) is 23.1 Å². The summed E-state index contributed by atoms with van der Waals surface area (Å²) in [5.74, 6) is 0.410. The Bertz CT molecular complexity index is 965. The number of para-hydroxylation sites is 1. The number of halogens is 1. The molecule has 1 unspecified atom stereocenters. The Balaban J connectivity index is 1.75. The maximum absolute atomic E-state index is 12.6. The molecule has 1 amide bonds. The number of nitrogens with one attached hydrogen (secondary N) is 1. The van der Waals surface area contributed by atoms with Crippen molar-refractivity contribution in [1.82, 2.24) is 25.0 Å². The van der Waals surface area contributed by atoms with Gasteiger partial charge in [-0.15, -0.1) is 5.10 Å². The molecular weight excluding hydrogens is 374 g/mol. The molecule has 1 heterocycles. The molecule has 0 radical (unpaired) electrons. The van der Waals surface area contributed by atoms with Crippen molar-refractivity contribution in [1.29, 1.82) is 0 Å². The van der Waals surface area contributed by atoms with Gasteiger partial charge in [-0.25, -0.2) is 9.67 Å². The first kappa shape index (κ1) is 20.0. The van der Waals surface area contributed by atoms with Gasteiger partial charge in [-0.3, -0.25) is 4.79 Å². The first-order valence-electron chi connectivity index (χ1n) is 9.06. The summed E-state index contributed by atoms with van der Waals surface area (Å²) in [6.07, 6.45) is 0. The number of hydrogen-bond donors (Lipinski definition) is 1. The molecule has 3 aromatic rings. The van der Waals surface area contributed by atoms with Crippen molar-refractivity contribution in [2.45, 2.75) is 19.9 Å². The number of hydrogen-bond acceptors (Lipinski definition) is 4. The Labute approximate surface area is 170 Å². The van der Waals surface area contributed by atoms with Gasteiger partial charge in [0, 0.05) is 6.54 Å². The molecule has 3 rings (SSSR count). The Kier molecular flexibility index (Phi) is 6.11. The molecule has 0 spiro atoms. The van der Waals surface area contributed by atoms with Crippen molar-refractivity contribution in [2.75, 3.05) is 20.6 Å². The lowest BCUT2D eigenvalue weighted by Crippen LogP contribution is -2.35. The molecular formula is C21H24ClN5O. The van der Waals surface area contributed by atoms with E-state index >= 15 is 0 Å². The average Bonchev–Trinajstić information content (AvgIpc) is 3.05. The molecule has 7 heteroatoms. The van der Waals surface area contributed by atoms with Gasteiger partial charge < -0.3 is 10.2 Å². The quantitative estimate of drug-likeness (QED) is 0.690. The topological polar surface area (TPSA) is 63.1 Å². The van der Waals surface area contributed by atoms with Gasteiger partial charge in [0.05, 0.1) is 16.8 Å². The Morgan fingerprint density at radius 1 is 1.14 bits per heavy atom. The number of benzene rings is 2. The van der Waals surface area contributed by atoms with Crippen LogP contribution in [0.1, 0.15) is 33.6 Å². The van der Waals surface area contributed by atoms with Gasteiger partial charge in [0.15, 0.2) is 0 Å². The predicted octanol–water partition coefficient (Wildman–Crippen LogP) is 3.57. The first-order valence-corrected chi connectivity index (χ1v) is 9.44. The Morgan fingerprint density at radius 2 is 1.82 bits per heavy atom. The molecule has 1 atom stereocenters. The third-order valence-corrected chi connectivity index (χ3v) is 4.91. The van der Waals surface area contributed by atoms with Crippen LogP contribution in [0.25, 0.3) is 5.69 Å². The second-order valence-electron chi connectivity index (χ2n) is 6.95. The Morgan fingerprint density at radius 3 is 2.46 bits per heavy atom. The van der Waals surface area contributed by atoms with Gasteiger partial charge in [-0.2, -0.15) is 0 Å². The molecule has 0 aliphatic rings. The molecule has 1 aromatic heterocycles. The lowest BCUT2D eigenvalue weighted by atomic mass is 10.0. The van der Waals surface area contributed by atoms with E-state index in [0.717, 1.165) is 5.56 Å². The Hall–Kier alpha value is -2.70. The maximum Gasteiger partial charge on any atom is 0.291 e. The highest BCUT2D eigenvalue weighted by atomic mass is 35.5. The van der Waals surface area contributed by atoms with Crippen LogP contribution in [-0.4, -0.2) is 46.2 Å². The first-order chi connectivity index (χ1) is 13.4. The van der Waals surface area contributed by atoms with Crippen LogP contribution < -0.4 is 5.32 Å². The smallest absolute Gasteiger partial charge is 0.291 e. The lowest BCUT2D eigenvalue weighted by molar-refractivity contribution is 0.0931. The second-order valence-corrected chi connectivity index (χ2v) is 7.35. The molecule has 0 aliphatic carbocycles. The van der Waals surface area contributed by atoms with E-state index in [9.17, 15) is 4.79 Å². The van der Waals surface area contributed by atoms with Crippen LogP contribution in [-0.2, 0) is 0 Å². The van der Waals surface area contributed by atoms with Crippen LogP contribution in [0.5, 0.6) is 0 Å². The van der Waals surface area contributed by atoms with Gasteiger partial charge in [-0.05, 0) is 45.6 Å². The predicted molar refractivity (Wildman–Crippen MR) is 111 cm³/mol. The van der Waals surface area contributed by atoms with Gasteiger partial charge >= 0.3 is 0 Å². The van der Waals surface area contributed by atoms with E-state index in [2.05, 4.69) is 51.5 Å². The molecule has 0 aliphatic heterocycles. The van der Waals surface area contributed by atoms with Crippen LogP contribution >= 0.6 is 11.6 Å². The molecule has 28 heavy (non-hydrogen) atoms. The standard InChI is InChI=1S/C21H24ClN5O/c1-14-9-11-16(12-10-14)19(26(3)4)13-23-21(28)20-24-15(2)27(25-20)18-8-6-5-7-17(18)22/h5-12,19H,13H2,1-4H3,(H,23,28). The minimum Gasteiger partial charge on any atom is -0.347 e. The molecule has 0 fully saturated rings.